The van der Waals surface area contributed by atoms with E-state index in [0.29, 0.717) is 12.2 Å². The third kappa shape index (κ3) is 4.85. The first-order chi connectivity index (χ1) is 11.1. The van der Waals surface area contributed by atoms with E-state index in [1.807, 2.05) is 6.92 Å². The SMILES string of the molecule is CCOc1ccc(C[C@H](NC(=O)c2ccccc2)C(=O)O)cc1. The number of amides is 1. The fourth-order valence-corrected chi connectivity index (χ4v) is 2.16. The van der Waals surface area contributed by atoms with Crippen molar-refractivity contribution in [2.75, 3.05) is 6.61 Å². The van der Waals surface area contributed by atoms with Gasteiger partial charge >= 0.3 is 5.97 Å². The fourth-order valence-electron chi connectivity index (χ4n) is 2.16. The summed E-state index contributed by atoms with van der Waals surface area (Å²) in [4.78, 5) is 23.5. The molecule has 1 atom stereocenters. The third-order valence-corrected chi connectivity index (χ3v) is 3.31. The van der Waals surface area contributed by atoms with Crippen LogP contribution in [-0.4, -0.2) is 29.6 Å². The Hall–Kier alpha value is -2.82. The Kier molecular flexibility index (Phi) is 5.74. The van der Waals surface area contributed by atoms with Gasteiger partial charge < -0.3 is 15.2 Å². The van der Waals surface area contributed by atoms with E-state index in [2.05, 4.69) is 5.32 Å². The zero-order chi connectivity index (χ0) is 16.7. The van der Waals surface area contributed by atoms with E-state index in [9.17, 15) is 14.7 Å². The van der Waals surface area contributed by atoms with E-state index in [1.54, 1.807) is 54.6 Å². The van der Waals surface area contributed by atoms with Crippen LogP contribution in [0.25, 0.3) is 0 Å². The molecule has 0 aliphatic rings. The van der Waals surface area contributed by atoms with Crippen LogP contribution < -0.4 is 10.1 Å². The summed E-state index contributed by atoms with van der Waals surface area (Å²) in [7, 11) is 0. The molecule has 0 saturated carbocycles. The number of benzene rings is 2. The number of rotatable bonds is 7. The van der Waals surface area contributed by atoms with E-state index >= 15 is 0 Å². The lowest BCUT2D eigenvalue weighted by molar-refractivity contribution is -0.139. The molecule has 0 saturated heterocycles. The van der Waals surface area contributed by atoms with Crippen molar-refractivity contribution in [3.8, 4) is 5.75 Å². The van der Waals surface area contributed by atoms with Gasteiger partial charge in [-0.05, 0) is 36.8 Å². The Labute approximate surface area is 134 Å². The first kappa shape index (κ1) is 16.5. The molecule has 0 unspecified atom stereocenters. The second-order valence-corrected chi connectivity index (χ2v) is 5.01. The molecule has 0 aliphatic carbocycles. The van der Waals surface area contributed by atoms with Gasteiger partial charge in [0.05, 0.1) is 6.61 Å². The maximum Gasteiger partial charge on any atom is 0.326 e. The van der Waals surface area contributed by atoms with Gasteiger partial charge in [-0.3, -0.25) is 4.79 Å². The molecule has 5 nitrogen and oxygen atoms in total. The largest absolute Gasteiger partial charge is 0.494 e. The molecule has 0 spiro atoms. The Morgan fingerprint density at radius 3 is 2.30 bits per heavy atom. The fraction of sp³-hybridized carbons (Fsp3) is 0.222. The van der Waals surface area contributed by atoms with Gasteiger partial charge in [-0.1, -0.05) is 30.3 Å². The first-order valence-corrected chi connectivity index (χ1v) is 7.40. The molecule has 0 aliphatic heterocycles. The van der Waals surface area contributed by atoms with Crippen molar-refractivity contribution in [2.24, 2.45) is 0 Å². The highest BCUT2D eigenvalue weighted by atomic mass is 16.5. The van der Waals surface area contributed by atoms with E-state index in [-0.39, 0.29) is 6.42 Å². The molecule has 5 heteroatoms. The lowest BCUT2D eigenvalue weighted by Gasteiger charge is -2.15. The van der Waals surface area contributed by atoms with E-state index in [0.717, 1.165) is 11.3 Å². The molecule has 120 valence electrons. The third-order valence-electron chi connectivity index (χ3n) is 3.31. The topological polar surface area (TPSA) is 75.6 Å². The smallest absolute Gasteiger partial charge is 0.326 e. The molecule has 2 rings (SSSR count). The highest BCUT2D eigenvalue weighted by Gasteiger charge is 2.21. The number of hydrogen-bond acceptors (Lipinski definition) is 3. The van der Waals surface area contributed by atoms with Crippen molar-refractivity contribution >= 4 is 11.9 Å². The second-order valence-electron chi connectivity index (χ2n) is 5.01. The minimum absolute atomic E-state index is 0.209. The van der Waals surface area contributed by atoms with Gasteiger partial charge in [-0.25, -0.2) is 4.79 Å². The number of nitrogens with one attached hydrogen (secondary N) is 1. The number of carbonyl (C=O) groups excluding carboxylic acids is 1. The molecule has 23 heavy (non-hydrogen) atoms. The van der Waals surface area contributed by atoms with Gasteiger partial charge in [-0.2, -0.15) is 0 Å². The number of ether oxygens (including phenoxy) is 1. The first-order valence-electron chi connectivity index (χ1n) is 7.40. The molecular weight excluding hydrogens is 294 g/mol. The van der Waals surface area contributed by atoms with Crippen LogP contribution in [0.5, 0.6) is 5.75 Å². The second kappa shape index (κ2) is 7.98. The van der Waals surface area contributed by atoms with E-state index in [4.69, 9.17) is 4.74 Å². The molecule has 0 bridgehead atoms. The summed E-state index contributed by atoms with van der Waals surface area (Å²) in [5.74, 6) is -0.733. The van der Waals surface area contributed by atoms with Gasteiger partial charge in [0.25, 0.3) is 5.91 Å². The Balaban J connectivity index is 2.04. The summed E-state index contributed by atoms with van der Waals surface area (Å²) in [6, 6.07) is 14.7. The summed E-state index contributed by atoms with van der Waals surface area (Å²) >= 11 is 0. The standard InChI is InChI=1S/C18H19NO4/c1-2-23-15-10-8-13(9-11-15)12-16(18(21)22)19-17(20)14-6-4-3-5-7-14/h3-11,16H,2,12H2,1H3,(H,19,20)(H,21,22)/t16-/m0/s1. The van der Waals surface area contributed by atoms with E-state index in [1.165, 1.54) is 0 Å². The minimum atomic E-state index is -1.07. The van der Waals surface area contributed by atoms with E-state index < -0.39 is 17.9 Å². The molecule has 1 amide bonds. The normalized spacial score (nSPS) is 11.5. The zero-order valence-corrected chi connectivity index (χ0v) is 12.9. The van der Waals surface area contributed by atoms with Crippen molar-refractivity contribution in [1.29, 1.82) is 0 Å². The van der Waals surface area contributed by atoms with Gasteiger partial charge in [-0.15, -0.1) is 0 Å². The Morgan fingerprint density at radius 1 is 1.09 bits per heavy atom. The summed E-state index contributed by atoms with van der Waals surface area (Å²) in [6.07, 6.45) is 0.209. The summed E-state index contributed by atoms with van der Waals surface area (Å²) in [5, 5.41) is 11.9. The molecule has 0 aromatic heterocycles. The number of carbonyl (C=O) groups is 2. The molecule has 2 aromatic carbocycles. The van der Waals surface area contributed by atoms with Gasteiger partial charge in [0, 0.05) is 12.0 Å². The zero-order valence-electron chi connectivity index (χ0n) is 12.9. The summed E-state index contributed by atoms with van der Waals surface area (Å²) < 4.78 is 5.35. The van der Waals surface area contributed by atoms with Gasteiger partial charge in [0.15, 0.2) is 0 Å². The summed E-state index contributed by atoms with van der Waals surface area (Å²) in [5.41, 5.74) is 1.25. The molecule has 2 N–H and O–H groups in total. The average Bonchev–Trinajstić information content (AvgIpc) is 2.57. The Bertz CT molecular complexity index is 652. The van der Waals surface area contributed by atoms with Crippen LogP contribution in [0.4, 0.5) is 0 Å². The van der Waals surface area contributed by atoms with Crippen LogP contribution in [-0.2, 0) is 11.2 Å². The minimum Gasteiger partial charge on any atom is -0.494 e. The maximum atomic E-state index is 12.1. The molecular formula is C18H19NO4. The van der Waals surface area contributed by atoms with Gasteiger partial charge in [0.1, 0.15) is 11.8 Å². The summed E-state index contributed by atoms with van der Waals surface area (Å²) in [6.45, 7) is 2.47. The monoisotopic (exact) mass is 313 g/mol. The molecule has 0 heterocycles. The molecule has 0 fully saturated rings. The Morgan fingerprint density at radius 2 is 1.74 bits per heavy atom. The molecule has 2 aromatic rings. The lowest BCUT2D eigenvalue weighted by Crippen LogP contribution is -2.42. The van der Waals surface area contributed by atoms with Crippen LogP contribution in [0.3, 0.4) is 0 Å². The van der Waals surface area contributed by atoms with Crippen LogP contribution in [0.2, 0.25) is 0 Å². The van der Waals surface area contributed by atoms with Gasteiger partial charge in [0.2, 0.25) is 0 Å². The number of aliphatic carboxylic acids is 1. The predicted octanol–water partition coefficient (Wildman–Crippen LogP) is 2.51. The van der Waals surface area contributed by atoms with Crippen molar-refractivity contribution in [3.05, 3.63) is 65.7 Å². The predicted molar refractivity (Wildman–Crippen MR) is 86.6 cm³/mol. The average molecular weight is 313 g/mol. The van der Waals surface area contributed by atoms with Crippen LogP contribution in [0.15, 0.2) is 54.6 Å². The number of carboxylic acids is 1. The van der Waals surface area contributed by atoms with Crippen LogP contribution in [0.1, 0.15) is 22.8 Å². The van der Waals surface area contributed by atoms with Crippen LogP contribution in [0, 0.1) is 0 Å². The number of hydrogen-bond donors (Lipinski definition) is 2. The van der Waals surface area contributed by atoms with Crippen LogP contribution >= 0.6 is 0 Å². The van der Waals surface area contributed by atoms with Crippen molar-refractivity contribution in [1.82, 2.24) is 5.32 Å². The quantitative estimate of drug-likeness (QED) is 0.823. The highest BCUT2D eigenvalue weighted by Crippen LogP contribution is 2.13. The highest BCUT2D eigenvalue weighted by molar-refractivity contribution is 5.96. The number of carboxylic acid groups (broad SMARTS) is 1. The van der Waals surface area contributed by atoms with Crippen molar-refractivity contribution < 1.29 is 19.4 Å². The van der Waals surface area contributed by atoms with Crippen molar-refractivity contribution in [2.45, 2.75) is 19.4 Å². The lowest BCUT2D eigenvalue weighted by atomic mass is 10.1. The van der Waals surface area contributed by atoms with Crippen molar-refractivity contribution in [3.63, 3.8) is 0 Å². The molecule has 0 radical (unpaired) electrons. The maximum absolute atomic E-state index is 12.1.